The third-order valence-electron chi connectivity index (χ3n) is 4.37. The van der Waals surface area contributed by atoms with Gasteiger partial charge >= 0.3 is 11.2 Å². The molecule has 126 valence electrons. The van der Waals surface area contributed by atoms with Crippen molar-refractivity contribution in [1.82, 2.24) is 9.80 Å². The van der Waals surface area contributed by atoms with Gasteiger partial charge in [-0.1, -0.05) is 31.2 Å². The largest absolute Gasteiger partial charge is 0.358 e. The zero-order valence-corrected chi connectivity index (χ0v) is 15.1. The topological polar surface area (TPSA) is 56.0 Å². The number of benzene rings is 1. The highest BCUT2D eigenvalue weighted by molar-refractivity contribution is 8.13. The lowest BCUT2D eigenvalue weighted by Crippen LogP contribution is -2.61. The third kappa shape index (κ3) is 2.62. The monoisotopic (exact) mass is 345 g/mol. The van der Waals surface area contributed by atoms with E-state index in [9.17, 15) is 9.59 Å². The molecular formula is C17H21N4O2S+. The van der Waals surface area contributed by atoms with Crippen LogP contribution in [0.5, 0.6) is 0 Å². The summed E-state index contributed by atoms with van der Waals surface area (Å²) in [5.74, 6) is 1.15. The Kier molecular flexibility index (Phi) is 4.45. The quantitative estimate of drug-likeness (QED) is 0.787. The number of carbonyl (C=O) groups excluding carboxylic acids is 2. The van der Waals surface area contributed by atoms with Crippen molar-refractivity contribution in [3.05, 3.63) is 35.4 Å². The first-order valence-corrected chi connectivity index (χ1v) is 8.89. The fraction of sp³-hybridized carbons (Fsp3) is 0.412. The summed E-state index contributed by atoms with van der Waals surface area (Å²) in [6.07, 6.45) is 0. The molecule has 7 heteroatoms. The number of urea groups is 1. The Morgan fingerprint density at radius 2 is 1.92 bits per heavy atom. The summed E-state index contributed by atoms with van der Waals surface area (Å²) in [4.78, 5) is 32.2. The number of carbonyl (C=O) groups is 2. The van der Waals surface area contributed by atoms with E-state index in [1.165, 1.54) is 22.4 Å². The maximum absolute atomic E-state index is 12.7. The van der Waals surface area contributed by atoms with Crippen LogP contribution in [0.15, 0.2) is 29.3 Å². The first kappa shape index (κ1) is 16.7. The molecule has 2 heterocycles. The van der Waals surface area contributed by atoms with Crippen molar-refractivity contribution < 1.29 is 14.2 Å². The lowest BCUT2D eigenvalue weighted by atomic mass is 10.1. The number of thioether (sulfide) groups is 1. The van der Waals surface area contributed by atoms with Gasteiger partial charge in [-0.05, 0) is 34.8 Å². The Morgan fingerprint density at radius 1 is 1.21 bits per heavy atom. The molecule has 2 aliphatic heterocycles. The van der Waals surface area contributed by atoms with Gasteiger partial charge in [0.2, 0.25) is 0 Å². The number of likely N-dealkylation sites (N-methyl/N-ethyl adjacent to an activating group) is 2. The normalized spacial score (nSPS) is 20.7. The fourth-order valence-electron chi connectivity index (χ4n) is 2.95. The smallest absolute Gasteiger partial charge is 0.269 e. The Hall–Kier alpha value is -2.15. The molecule has 0 spiro atoms. The zero-order chi connectivity index (χ0) is 17.4. The van der Waals surface area contributed by atoms with Gasteiger partial charge in [-0.25, -0.2) is 9.37 Å². The summed E-state index contributed by atoms with van der Waals surface area (Å²) >= 11 is 1.59. The van der Waals surface area contributed by atoms with E-state index < -0.39 is 6.04 Å². The highest BCUT2D eigenvalue weighted by Crippen LogP contribution is 2.24. The van der Waals surface area contributed by atoms with Gasteiger partial charge in [-0.3, -0.25) is 14.6 Å². The van der Waals surface area contributed by atoms with Crippen molar-refractivity contribution in [1.29, 1.82) is 0 Å². The molecule has 6 nitrogen and oxygen atoms in total. The molecule has 1 fully saturated rings. The molecule has 3 rings (SSSR count). The lowest BCUT2D eigenvalue weighted by molar-refractivity contribution is -0.548. The average Bonchev–Trinajstić information content (AvgIpc) is 2.92. The van der Waals surface area contributed by atoms with Gasteiger partial charge < -0.3 is 0 Å². The van der Waals surface area contributed by atoms with Crippen LogP contribution in [0.25, 0.3) is 0 Å². The number of fused-ring (bicyclic) bond motifs is 1. The Bertz CT molecular complexity index is 772. The van der Waals surface area contributed by atoms with Crippen LogP contribution in [-0.4, -0.2) is 63.2 Å². The van der Waals surface area contributed by atoms with Crippen LogP contribution in [0.2, 0.25) is 0 Å². The minimum Gasteiger partial charge on any atom is -0.269 e. The molecule has 2 aliphatic rings. The van der Waals surface area contributed by atoms with Gasteiger partial charge in [-0.15, -0.1) is 0 Å². The Balaban J connectivity index is 2.03. The second-order valence-electron chi connectivity index (χ2n) is 5.88. The molecule has 0 radical (unpaired) electrons. The van der Waals surface area contributed by atoms with Crippen molar-refractivity contribution >= 4 is 34.7 Å². The molecule has 0 aromatic heterocycles. The van der Waals surface area contributed by atoms with Crippen molar-refractivity contribution in [2.24, 2.45) is 4.99 Å². The van der Waals surface area contributed by atoms with Gasteiger partial charge in [0.25, 0.3) is 17.8 Å². The minimum atomic E-state index is -0.536. The van der Waals surface area contributed by atoms with Gasteiger partial charge in [-0.2, -0.15) is 0 Å². The maximum atomic E-state index is 12.7. The molecule has 1 aromatic carbocycles. The van der Waals surface area contributed by atoms with Gasteiger partial charge in [0, 0.05) is 19.8 Å². The molecule has 0 bridgehead atoms. The summed E-state index contributed by atoms with van der Waals surface area (Å²) in [6, 6.07) is 7.25. The first-order chi connectivity index (χ1) is 11.5. The number of aryl methyl sites for hydroxylation is 1. The highest BCUT2D eigenvalue weighted by atomic mass is 32.2. The average molecular weight is 345 g/mol. The standard InChI is InChI=1S/C17H21N4O2S/c1-5-24-16-18-14-13(15(22)20(4)17(23)19(14)3)21(16)10-12-9-7-6-8-11(12)2/h6-9,13H,5,10H2,1-4H3/q+1. The van der Waals surface area contributed by atoms with E-state index in [0.29, 0.717) is 12.4 Å². The molecule has 1 saturated heterocycles. The van der Waals surface area contributed by atoms with Crippen LogP contribution in [0.1, 0.15) is 18.1 Å². The number of rotatable bonds is 3. The molecule has 0 saturated carbocycles. The van der Waals surface area contributed by atoms with Crippen molar-refractivity contribution in [2.75, 3.05) is 19.8 Å². The van der Waals surface area contributed by atoms with E-state index in [0.717, 1.165) is 16.5 Å². The first-order valence-electron chi connectivity index (χ1n) is 7.90. The van der Waals surface area contributed by atoms with Crippen LogP contribution in [-0.2, 0) is 11.3 Å². The number of imide groups is 1. The van der Waals surface area contributed by atoms with Crippen LogP contribution >= 0.6 is 11.8 Å². The van der Waals surface area contributed by atoms with E-state index in [4.69, 9.17) is 0 Å². The van der Waals surface area contributed by atoms with Gasteiger partial charge in [0.05, 0.1) is 0 Å². The molecule has 1 unspecified atom stereocenters. The van der Waals surface area contributed by atoms with Crippen molar-refractivity contribution in [3.63, 3.8) is 0 Å². The van der Waals surface area contributed by atoms with E-state index in [2.05, 4.69) is 31.0 Å². The fourth-order valence-corrected chi connectivity index (χ4v) is 3.70. The third-order valence-corrected chi connectivity index (χ3v) is 5.24. The second-order valence-corrected chi connectivity index (χ2v) is 7.11. The second kappa shape index (κ2) is 6.39. The maximum Gasteiger partial charge on any atom is 0.358 e. The summed E-state index contributed by atoms with van der Waals surface area (Å²) in [5.41, 5.74) is 2.33. The van der Waals surface area contributed by atoms with E-state index in [-0.39, 0.29) is 11.9 Å². The van der Waals surface area contributed by atoms with Crippen LogP contribution < -0.4 is 0 Å². The zero-order valence-electron chi connectivity index (χ0n) is 14.3. The van der Waals surface area contributed by atoms with Crippen molar-refractivity contribution in [2.45, 2.75) is 26.4 Å². The van der Waals surface area contributed by atoms with E-state index in [1.54, 1.807) is 18.8 Å². The molecule has 3 amide bonds. The molecule has 24 heavy (non-hydrogen) atoms. The predicted molar refractivity (Wildman–Crippen MR) is 95.4 cm³/mol. The minimum absolute atomic E-state index is 0.225. The predicted octanol–water partition coefficient (Wildman–Crippen LogP) is 1.92. The number of nitrogens with zero attached hydrogens (tertiary/aromatic N) is 4. The summed E-state index contributed by atoms with van der Waals surface area (Å²) in [7, 11) is 3.19. The molecular weight excluding hydrogens is 324 g/mol. The molecule has 0 aliphatic carbocycles. The van der Waals surface area contributed by atoms with E-state index >= 15 is 0 Å². The number of hydrogen-bond donors (Lipinski definition) is 0. The van der Waals surface area contributed by atoms with Crippen molar-refractivity contribution in [3.8, 4) is 0 Å². The van der Waals surface area contributed by atoms with Gasteiger partial charge in [0.15, 0.2) is 0 Å². The summed E-state index contributed by atoms with van der Waals surface area (Å²) < 4.78 is 2.01. The number of amides is 3. The van der Waals surface area contributed by atoms with Crippen LogP contribution in [0.4, 0.5) is 4.79 Å². The summed E-state index contributed by atoms with van der Waals surface area (Å²) in [5, 5.41) is 0.795. The SMILES string of the molecule is CCSC1=[N+](Cc2ccccc2C)C2C(=O)N(C)C(=O)N(C)C2=N1. The number of hydrogen-bond acceptors (Lipinski definition) is 4. The molecule has 1 aromatic rings. The Morgan fingerprint density at radius 3 is 2.58 bits per heavy atom. The number of amidine groups is 2. The lowest BCUT2D eigenvalue weighted by Gasteiger charge is -2.30. The van der Waals surface area contributed by atoms with Crippen LogP contribution in [0.3, 0.4) is 0 Å². The van der Waals surface area contributed by atoms with Gasteiger partial charge in [0.1, 0.15) is 6.54 Å². The van der Waals surface area contributed by atoms with E-state index in [1.807, 2.05) is 16.7 Å². The number of aliphatic imine (C=N–C) groups is 1. The Labute approximate surface area is 145 Å². The summed E-state index contributed by atoms with van der Waals surface area (Å²) in [6.45, 7) is 4.70. The highest BCUT2D eigenvalue weighted by Gasteiger charge is 2.53. The molecule has 0 N–H and O–H groups in total. The van der Waals surface area contributed by atoms with Crippen LogP contribution in [0, 0.1) is 6.92 Å². The molecule has 1 atom stereocenters.